The number of carbonyl (C=O) groups excluding carboxylic acids is 1. The molecule has 3 aromatic rings. The van der Waals surface area contributed by atoms with E-state index in [2.05, 4.69) is 4.98 Å². The predicted octanol–water partition coefficient (Wildman–Crippen LogP) is 2.67. The predicted molar refractivity (Wildman–Crippen MR) is 109 cm³/mol. The van der Waals surface area contributed by atoms with Gasteiger partial charge in [-0.1, -0.05) is 30.3 Å². The maximum Gasteiger partial charge on any atom is 0.243 e. The summed E-state index contributed by atoms with van der Waals surface area (Å²) in [5.74, 6) is 0.0486. The number of benzene rings is 2. The first kappa shape index (κ1) is 18.9. The third-order valence-corrected chi connectivity index (χ3v) is 7.11. The number of hydrogen-bond donors (Lipinski definition) is 1. The van der Waals surface area contributed by atoms with E-state index < -0.39 is 10.0 Å². The summed E-state index contributed by atoms with van der Waals surface area (Å²) in [4.78, 5) is 18.2. The van der Waals surface area contributed by atoms with Crippen molar-refractivity contribution in [3.63, 3.8) is 0 Å². The molecule has 1 fully saturated rings. The molecule has 0 spiro atoms. The van der Waals surface area contributed by atoms with Crippen LogP contribution in [0.5, 0.6) is 0 Å². The highest BCUT2D eigenvalue weighted by Gasteiger charge is 2.29. The molecular formula is C21H23N3O3S. The third kappa shape index (κ3) is 3.61. The Hall–Kier alpha value is -2.48. The van der Waals surface area contributed by atoms with Crippen molar-refractivity contribution in [2.75, 3.05) is 32.7 Å². The summed E-state index contributed by atoms with van der Waals surface area (Å²) in [5.41, 5.74) is 2.55. The molecule has 4 rings (SSSR count). The lowest BCUT2D eigenvalue weighted by molar-refractivity contribution is 0.0903. The molecule has 28 heavy (non-hydrogen) atoms. The van der Waals surface area contributed by atoms with Gasteiger partial charge in [-0.3, -0.25) is 9.69 Å². The molecule has 0 amide bonds. The number of ketones is 1. The van der Waals surface area contributed by atoms with Crippen LogP contribution in [-0.4, -0.2) is 61.1 Å². The van der Waals surface area contributed by atoms with Crippen molar-refractivity contribution < 1.29 is 13.2 Å². The average molecular weight is 398 g/mol. The number of fused-ring (bicyclic) bond motifs is 1. The molecule has 2 aromatic carbocycles. The number of sulfonamides is 1. The molecule has 0 aliphatic carbocycles. The Kier molecular flexibility index (Phi) is 5.05. The van der Waals surface area contributed by atoms with Crippen LogP contribution in [0.15, 0.2) is 59.6 Å². The van der Waals surface area contributed by atoms with Gasteiger partial charge < -0.3 is 4.98 Å². The quantitative estimate of drug-likeness (QED) is 0.672. The fourth-order valence-electron chi connectivity index (χ4n) is 3.64. The molecule has 0 unspecified atom stereocenters. The van der Waals surface area contributed by atoms with Gasteiger partial charge in [0.05, 0.1) is 11.4 Å². The van der Waals surface area contributed by atoms with Crippen molar-refractivity contribution in [2.45, 2.75) is 11.8 Å². The second-order valence-electron chi connectivity index (χ2n) is 7.17. The molecule has 0 atom stereocenters. The van der Waals surface area contributed by atoms with Crippen molar-refractivity contribution in [3.05, 3.63) is 65.9 Å². The minimum Gasteiger partial charge on any atom is -0.360 e. The highest BCUT2D eigenvalue weighted by Crippen LogP contribution is 2.21. The number of Topliss-reactive ketones (excluding diaryl/α,β-unsaturated/α-hetero) is 1. The number of H-pyrrole nitrogens is 1. The van der Waals surface area contributed by atoms with Crippen LogP contribution in [0.4, 0.5) is 0 Å². The SMILES string of the molecule is Cc1cccc(S(=O)(=O)N2CCN(CC(=O)c3c[nH]c4ccccc34)CC2)c1. The molecule has 1 saturated heterocycles. The molecule has 0 saturated carbocycles. The van der Waals surface area contributed by atoms with E-state index in [0.717, 1.165) is 16.5 Å². The first-order valence-corrected chi connectivity index (χ1v) is 10.8. The van der Waals surface area contributed by atoms with Gasteiger partial charge in [-0.2, -0.15) is 4.31 Å². The summed E-state index contributed by atoms with van der Waals surface area (Å²) < 4.78 is 27.2. The van der Waals surface area contributed by atoms with Gasteiger partial charge in [-0.25, -0.2) is 8.42 Å². The molecule has 2 heterocycles. The number of aryl methyl sites for hydroxylation is 1. The van der Waals surface area contributed by atoms with Crippen molar-refractivity contribution in [1.29, 1.82) is 0 Å². The zero-order valence-electron chi connectivity index (χ0n) is 15.8. The Bertz CT molecular complexity index is 1110. The Labute approximate surface area is 164 Å². The van der Waals surface area contributed by atoms with Crippen molar-refractivity contribution in [3.8, 4) is 0 Å². The number of aromatic amines is 1. The Morgan fingerprint density at radius 2 is 1.79 bits per heavy atom. The number of para-hydroxylation sites is 1. The number of rotatable bonds is 5. The summed E-state index contributed by atoms with van der Waals surface area (Å²) >= 11 is 0. The van der Waals surface area contributed by atoms with Crippen molar-refractivity contribution >= 4 is 26.7 Å². The van der Waals surface area contributed by atoms with Crippen molar-refractivity contribution in [1.82, 2.24) is 14.2 Å². The maximum atomic E-state index is 12.8. The maximum absolute atomic E-state index is 12.8. The normalized spacial score (nSPS) is 16.5. The lowest BCUT2D eigenvalue weighted by Crippen LogP contribution is -2.49. The smallest absolute Gasteiger partial charge is 0.243 e. The highest BCUT2D eigenvalue weighted by atomic mass is 32.2. The van der Waals surface area contributed by atoms with Gasteiger partial charge in [0.15, 0.2) is 5.78 Å². The number of nitrogens with zero attached hydrogens (tertiary/aromatic N) is 2. The Balaban J connectivity index is 1.41. The zero-order valence-corrected chi connectivity index (χ0v) is 16.6. The number of carbonyl (C=O) groups is 1. The third-order valence-electron chi connectivity index (χ3n) is 5.22. The summed E-state index contributed by atoms with van der Waals surface area (Å²) in [7, 11) is -3.49. The van der Waals surface area contributed by atoms with E-state index in [4.69, 9.17) is 0 Å². The zero-order chi connectivity index (χ0) is 19.7. The monoisotopic (exact) mass is 397 g/mol. The van der Waals surface area contributed by atoms with Crippen LogP contribution in [0.3, 0.4) is 0 Å². The van der Waals surface area contributed by atoms with Crippen LogP contribution in [-0.2, 0) is 10.0 Å². The largest absolute Gasteiger partial charge is 0.360 e. The van der Waals surface area contributed by atoms with E-state index >= 15 is 0 Å². The number of aromatic nitrogens is 1. The summed E-state index contributed by atoms with van der Waals surface area (Å²) in [6.07, 6.45) is 1.76. The molecular weight excluding hydrogens is 374 g/mol. The van der Waals surface area contributed by atoms with Gasteiger partial charge in [-0.15, -0.1) is 0 Å². The molecule has 146 valence electrons. The minimum atomic E-state index is -3.49. The lowest BCUT2D eigenvalue weighted by atomic mass is 10.1. The number of piperazine rings is 1. The summed E-state index contributed by atoms with van der Waals surface area (Å²) in [6, 6.07) is 14.7. The van der Waals surface area contributed by atoms with E-state index in [0.29, 0.717) is 43.2 Å². The van der Waals surface area contributed by atoms with Gasteiger partial charge in [0.25, 0.3) is 0 Å². The first-order valence-electron chi connectivity index (χ1n) is 9.33. The van der Waals surface area contributed by atoms with Gasteiger partial charge in [0.1, 0.15) is 0 Å². The summed E-state index contributed by atoms with van der Waals surface area (Å²) in [5, 5.41) is 0.924. The highest BCUT2D eigenvalue weighted by molar-refractivity contribution is 7.89. The topological polar surface area (TPSA) is 73.5 Å². The average Bonchev–Trinajstić information content (AvgIpc) is 3.13. The molecule has 1 aromatic heterocycles. The first-order chi connectivity index (χ1) is 13.4. The van der Waals surface area contributed by atoms with Crippen molar-refractivity contribution in [2.24, 2.45) is 0 Å². The van der Waals surface area contributed by atoms with E-state index in [1.807, 2.05) is 42.2 Å². The minimum absolute atomic E-state index is 0.0486. The second kappa shape index (κ2) is 7.50. The van der Waals surface area contributed by atoms with Crippen LogP contribution in [0.25, 0.3) is 10.9 Å². The molecule has 7 heteroatoms. The van der Waals surface area contributed by atoms with E-state index in [1.165, 1.54) is 4.31 Å². The van der Waals surface area contributed by atoms with Crippen LogP contribution in [0.1, 0.15) is 15.9 Å². The van der Waals surface area contributed by atoms with E-state index in [1.54, 1.807) is 24.4 Å². The number of hydrogen-bond acceptors (Lipinski definition) is 4. The van der Waals surface area contributed by atoms with Crippen LogP contribution < -0.4 is 0 Å². The van der Waals surface area contributed by atoms with Crippen LogP contribution in [0.2, 0.25) is 0 Å². The molecule has 0 bridgehead atoms. The van der Waals surface area contributed by atoms with Crippen LogP contribution >= 0.6 is 0 Å². The van der Waals surface area contributed by atoms with Gasteiger partial charge in [0.2, 0.25) is 10.0 Å². The molecule has 0 radical (unpaired) electrons. The summed E-state index contributed by atoms with van der Waals surface area (Å²) in [6.45, 7) is 4.03. The Morgan fingerprint density at radius 1 is 1.04 bits per heavy atom. The lowest BCUT2D eigenvalue weighted by Gasteiger charge is -2.33. The Morgan fingerprint density at radius 3 is 2.54 bits per heavy atom. The van der Waals surface area contributed by atoms with Gasteiger partial charge in [0, 0.05) is 48.8 Å². The van der Waals surface area contributed by atoms with E-state index in [9.17, 15) is 13.2 Å². The van der Waals surface area contributed by atoms with E-state index in [-0.39, 0.29) is 5.78 Å². The molecule has 1 N–H and O–H groups in total. The second-order valence-corrected chi connectivity index (χ2v) is 9.11. The molecule has 6 nitrogen and oxygen atoms in total. The molecule has 1 aliphatic heterocycles. The fourth-order valence-corrected chi connectivity index (χ4v) is 5.17. The molecule has 1 aliphatic rings. The van der Waals surface area contributed by atoms with Gasteiger partial charge in [-0.05, 0) is 30.7 Å². The van der Waals surface area contributed by atoms with Gasteiger partial charge >= 0.3 is 0 Å². The fraction of sp³-hybridized carbons (Fsp3) is 0.286. The standard InChI is InChI=1S/C21H23N3O3S/c1-16-5-4-6-17(13-16)28(26,27)24-11-9-23(10-12-24)15-21(25)19-14-22-20-8-3-2-7-18(19)20/h2-8,13-14,22H,9-12,15H2,1H3. The number of nitrogens with one attached hydrogen (secondary N) is 1. The van der Waals surface area contributed by atoms with Crippen LogP contribution in [0, 0.1) is 6.92 Å².